The van der Waals surface area contributed by atoms with Gasteiger partial charge in [0.2, 0.25) is 10.0 Å². The first kappa shape index (κ1) is 18.9. The number of piperidine rings is 1. The molecule has 0 amide bonds. The van der Waals surface area contributed by atoms with Crippen LogP contribution >= 0.6 is 0 Å². The molecule has 0 aliphatic carbocycles. The van der Waals surface area contributed by atoms with Crippen LogP contribution in [0, 0.1) is 5.92 Å². The Morgan fingerprint density at radius 2 is 1.80 bits per heavy atom. The highest BCUT2D eigenvalue weighted by Crippen LogP contribution is 2.27. The fourth-order valence-electron chi connectivity index (χ4n) is 3.05. The van der Waals surface area contributed by atoms with Crippen molar-refractivity contribution < 1.29 is 22.8 Å². The summed E-state index contributed by atoms with van der Waals surface area (Å²) in [6, 6.07) is 6.71. The van der Waals surface area contributed by atoms with Gasteiger partial charge in [0.25, 0.3) is 0 Å². The van der Waals surface area contributed by atoms with Crippen LogP contribution in [0.3, 0.4) is 0 Å². The Labute approximate surface area is 150 Å². The third-order valence-electron chi connectivity index (χ3n) is 5.31. The van der Waals surface area contributed by atoms with Gasteiger partial charge in [-0.1, -0.05) is 19.1 Å². The molecule has 25 heavy (non-hydrogen) atoms. The van der Waals surface area contributed by atoms with Crippen molar-refractivity contribution in [3.05, 3.63) is 24.3 Å². The average molecular weight is 367 g/mol. The van der Waals surface area contributed by atoms with Crippen LogP contribution in [0.1, 0.15) is 33.6 Å². The zero-order valence-electron chi connectivity index (χ0n) is 15.0. The van der Waals surface area contributed by atoms with E-state index in [0.717, 1.165) is 5.46 Å². The molecule has 0 radical (unpaired) electrons. The molecule has 1 unspecified atom stereocenters. The van der Waals surface area contributed by atoms with Crippen molar-refractivity contribution in [1.82, 2.24) is 4.31 Å². The van der Waals surface area contributed by atoms with Gasteiger partial charge in [0.05, 0.1) is 16.6 Å². The van der Waals surface area contributed by atoms with Crippen molar-refractivity contribution in [2.24, 2.45) is 5.92 Å². The molecule has 2 fully saturated rings. The lowest BCUT2D eigenvalue weighted by Crippen LogP contribution is -2.53. The topological polar surface area (TPSA) is 76.1 Å². The van der Waals surface area contributed by atoms with E-state index in [2.05, 4.69) is 6.92 Å². The maximum atomic E-state index is 12.7. The Morgan fingerprint density at radius 3 is 2.36 bits per heavy atom. The van der Waals surface area contributed by atoms with Crippen LogP contribution in [0.4, 0.5) is 0 Å². The van der Waals surface area contributed by atoms with Crippen molar-refractivity contribution in [2.45, 2.75) is 50.2 Å². The molecule has 3 rings (SSSR count). The normalized spacial score (nSPS) is 25.9. The Balaban J connectivity index is 1.74. The molecular weight excluding hydrogens is 341 g/mol. The Bertz CT molecular complexity index is 698. The van der Waals surface area contributed by atoms with E-state index in [9.17, 15) is 13.5 Å². The SMILES string of the molecule is CC1COB(c2ccc(S(=O)(=O)N3CCC(O)CC3)cc2)OC1(C)C. The molecule has 0 spiro atoms. The van der Waals surface area contributed by atoms with E-state index in [1.807, 2.05) is 13.8 Å². The number of nitrogens with zero attached hydrogens (tertiary/aromatic N) is 1. The van der Waals surface area contributed by atoms with Gasteiger partial charge in [0.15, 0.2) is 0 Å². The fraction of sp³-hybridized carbons (Fsp3) is 0.647. The zero-order chi connectivity index (χ0) is 18.2. The third kappa shape index (κ3) is 3.93. The smallest absolute Gasteiger partial charge is 0.407 e. The summed E-state index contributed by atoms with van der Waals surface area (Å²) in [4.78, 5) is 0.260. The first-order chi connectivity index (χ1) is 11.7. The minimum Gasteiger partial charge on any atom is -0.407 e. The van der Waals surface area contributed by atoms with E-state index < -0.39 is 23.2 Å². The van der Waals surface area contributed by atoms with Gasteiger partial charge in [0, 0.05) is 25.6 Å². The summed E-state index contributed by atoms with van der Waals surface area (Å²) in [5.74, 6) is 0.290. The lowest BCUT2D eigenvalue weighted by molar-refractivity contribution is -0.0367. The molecule has 0 bridgehead atoms. The van der Waals surface area contributed by atoms with Gasteiger partial charge in [0.1, 0.15) is 0 Å². The molecule has 138 valence electrons. The van der Waals surface area contributed by atoms with Crippen molar-refractivity contribution in [3.8, 4) is 0 Å². The second kappa shape index (κ2) is 7.00. The van der Waals surface area contributed by atoms with Crippen LogP contribution in [-0.2, 0) is 19.3 Å². The summed E-state index contributed by atoms with van der Waals surface area (Å²) in [6.45, 7) is 7.47. The molecular formula is C17H26BNO5S. The highest BCUT2D eigenvalue weighted by molar-refractivity contribution is 7.89. The van der Waals surface area contributed by atoms with E-state index in [0.29, 0.717) is 32.5 Å². The highest BCUT2D eigenvalue weighted by atomic mass is 32.2. The minimum absolute atomic E-state index is 0.260. The van der Waals surface area contributed by atoms with Gasteiger partial charge in [-0.25, -0.2) is 8.42 Å². The first-order valence-corrected chi connectivity index (χ1v) is 10.2. The fourth-order valence-corrected chi connectivity index (χ4v) is 4.52. The van der Waals surface area contributed by atoms with Crippen molar-refractivity contribution >= 4 is 22.6 Å². The number of aliphatic hydroxyl groups is 1. The monoisotopic (exact) mass is 367 g/mol. The van der Waals surface area contributed by atoms with Gasteiger partial charge in [-0.05, 0) is 44.3 Å². The molecule has 2 aliphatic heterocycles. The second-order valence-electron chi connectivity index (χ2n) is 7.49. The largest absolute Gasteiger partial charge is 0.494 e. The molecule has 2 aliphatic rings. The van der Waals surface area contributed by atoms with E-state index >= 15 is 0 Å². The number of hydrogen-bond donors (Lipinski definition) is 1. The predicted molar refractivity (Wildman–Crippen MR) is 96.1 cm³/mol. The number of hydrogen-bond acceptors (Lipinski definition) is 5. The third-order valence-corrected chi connectivity index (χ3v) is 7.22. The predicted octanol–water partition coefficient (Wildman–Crippen LogP) is 0.989. The molecule has 1 aromatic carbocycles. The standard InChI is InChI=1S/C17H26BNO5S/c1-13-12-23-18(24-17(13,2)3)14-4-6-16(7-5-14)25(21,22)19-10-8-15(20)9-11-19/h4-7,13,15,20H,8-12H2,1-3H3. The maximum absolute atomic E-state index is 12.7. The van der Waals surface area contributed by atoms with Gasteiger partial charge in [-0.15, -0.1) is 0 Å². The van der Waals surface area contributed by atoms with Crippen LogP contribution < -0.4 is 5.46 Å². The van der Waals surface area contributed by atoms with Crippen molar-refractivity contribution in [3.63, 3.8) is 0 Å². The lowest BCUT2D eigenvalue weighted by atomic mass is 9.74. The van der Waals surface area contributed by atoms with Gasteiger partial charge >= 0.3 is 7.12 Å². The molecule has 1 aromatic rings. The van der Waals surface area contributed by atoms with E-state index in [1.54, 1.807) is 24.3 Å². The molecule has 6 nitrogen and oxygen atoms in total. The van der Waals surface area contributed by atoms with Crippen LogP contribution in [0.15, 0.2) is 29.2 Å². The first-order valence-electron chi connectivity index (χ1n) is 8.78. The summed E-state index contributed by atoms with van der Waals surface area (Å²) in [5, 5.41) is 9.56. The summed E-state index contributed by atoms with van der Waals surface area (Å²) in [5.41, 5.74) is 0.524. The zero-order valence-corrected chi connectivity index (χ0v) is 15.8. The molecule has 1 N–H and O–H groups in total. The number of benzene rings is 1. The maximum Gasteiger partial charge on any atom is 0.494 e. The van der Waals surface area contributed by atoms with Crippen LogP contribution in [0.25, 0.3) is 0 Å². The molecule has 1 atom stereocenters. The molecule has 2 saturated heterocycles. The average Bonchev–Trinajstić information content (AvgIpc) is 2.58. The van der Waals surface area contributed by atoms with E-state index in [-0.39, 0.29) is 16.4 Å². The second-order valence-corrected chi connectivity index (χ2v) is 9.43. The van der Waals surface area contributed by atoms with Gasteiger partial charge in [-0.3, -0.25) is 0 Å². The summed E-state index contributed by atoms with van der Waals surface area (Å²) >= 11 is 0. The number of aliphatic hydroxyl groups excluding tert-OH is 1. The van der Waals surface area contributed by atoms with Gasteiger partial charge in [-0.2, -0.15) is 4.31 Å². The van der Waals surface area contributed by atoms with Crippen molar-refractivity contribution in [2.75, 3.05) is 19.7 Å². The van der Waals surface area contributed by atoms with Crippen LogP contribution in [0.5, 0.6) is 0 Å². The highest BCUT2D eigenvalue weighted by Gasteiger charge is 2.39. The Morgan fingerprint density at radius 1 is 1.20 bits per heavy atom. The quantitative estimate of drug-likeness (QED) is 0.807. The molecule has 2 heterocycles. The van der Waals surface area contributed by atoms with Gasteiger partial charge < -0.3 is 14.4 Å². The lowest BCUT2D eigenvalue weighted by Gasteiger charge is -2.40. The Hall–Kier alpha value is -0.925. The van der Waals surface area contributed by atoms with Crippen LogP contribution in [-0.4, -0.2) is 56.3 Å². The van der Waals surface area contributed by atoms with Crippen molar-refractivity contribution in [1.29, 1.82) is 0 Å². The summed E-state index contributed by atoms with van der Waals surface area (Å²) < 4.78 is 38.6. The molecule has 8 heteroatoms. The number of rotatable bonds is 3. The summed E-state index contributed by atoms with van der Waals surface area (Å²) in [6.07, 6.45) is 0.558. The van der Waals surface area contributed by atoms with Crippen LogP contribution in [0.2, 0.25) is 0 Å². The minimum atomic E-state index is -3.52. The molecule has 0 saturated carbocycles. The Kier molecular flexibility index (Phi) is 5.28. The van der Waals surface area contributed by atoms with E-state index in [4.69, 9.17) is 9.31 Å². The van der Waals surface area contributed by atoms with E-state index in [1.165, 1.54) is 4.31 Å². The number of sulfonamides is 1. The summed E-state index contributed by atoms with van der Waals surface area (Å²) in [7, 11) is -4.00. The molecule has 0 aromatic heterocycles.